The van der Waals surface area contributed by atoms with Crippen molar-refractivity contribution in [1.29, 1.82) is 0 Å². The lowest BCUT2D eigenvalue weighted by Gasteiger charge is -2.39. The molecule has 0 bridgehead atoms. The van der Waals surface area contributed by atoms with Crippen LogP contribution in [-0.2, 0) is 18.9 Å². The molecule has 0 amide bonds. The van der Waals surface area contributed by atoms with Gasteiger partial charge in [-0.25, -0.2) is 0 Å². The fraction of sp³-hybridized carbons (Fsp3) is 1.00. The molecule has 3 rings (SSSR count). The summed E-state index contributed by atoms with van der Waals surface area (Å²) in [6, 6.07) is 0. The summed E-state index contributed by atoms with van der Waals surface area (Å²) in [6.07, 6.45) is -1.51. The number of aliphatic hydroxyl groups is 1. The van der Waals surface area contributed by atoms with Crippen LogP contribution in [0.3, 0.4) is 0 Å². The molecule has 1 aliphatic carbocycles. The van der Waals surface area contributed by atoms with Gasteiger partial charge in [-0.05, 0) is 27.7 Å². The van der Waals surface area contributed by atoms with E-state index in [-0.39, 0.29) is 30.3 Å². The summed E-state index contributed by atoms with van der Waals surface area (Å²) in [4.78, 5) is 0. The number of aliphatic hydroxyl groups excluding tert-OH is 1. The molecule has 0 spiro atoms. The molecule has 18 heavy (non-hydrogen) atoms. The molecule has 0 aromatic rings. The van der Waals surface area contributed by atoms with Crippen LogP contribution in [0.15, 0.2) is 0 Å². The van der Waals surface area contributed by atoms with Gasteiger partial charge in [0.1, 0.15) is 18.3 Å². The van der Waals surface area contributed by atoms with E-state index in [0.29, 0.717) is 0 Å². The predicted octanol–water partition coefficient (Wildman–Crippen LogP) is 1.04. The van der Waals surface area contributed by atoms with Crippen molar-refractivity contribution in [1.82, 2.24) is 0 Å². The Morgan fingerprint density at radius 2 is 1.11 bits per heavy atom. The minimum atomic E-state index is -0.680. The van der Waals surface area contributed by atoms with Gasteiger partial charge in [-0.2, -0.15) is 0 Å². The predicted molar refractivity (Wildman–Crippen MR) is 62.8 cm³/mol. The number of hydrogen-bond acceptors (Lipinski definition) is 5. The molecule has 2 heterocycles. The largest absolute Gasteiger partial charge is 0.390 e. The van der Waals surface area contributed by atoms with Crippen LogP contribution in [0.5, 0.6) is 0 Å². The molecule has 3 fully saturated rings. The van der Waals surface area contributed by atoms with Crippen molar-refractivity contribution in [3.05, 3.63) is 0 Å². The van der Waals surface area contributed by atoms with E-state index in [1.54, 1.807) is 0 Å². The maximum absolute atomic E-state index is 10.4. The Balaban J connectivity index is 1.91. The van der Waals surface area contributed by atoms with Crippen LogP contribution in [-0.4, -0.2) is 47.2 Å². The summed E-state index contributed by atoms with van der Waals surface area (Å²) in [5.74, 6) is -1.34. The lowest BCUT2D eigenvalue weighted by Crippen LogP contribution is -2.57. The van der Waals surface area contributed by atoms with Crippen molar-refractivity contribution in [2.75, 3.05) is 0 Å². The average molecular weight is 258 g/mol. The fourth-order valence-corrected chi connectivity index (χ4v) is 3.31. The van der Waals surface area contributed by atoms with Crippen molar-refractivity contribution < 1.29 is 24.1 Å². The summed E-state index contributed by atoms with van der Waals surface area (Å²) in [6.45, 7) is 9.47. The highest BCUT2D eigenvalue weighted by Crippen LogP contribution is 2.46. The molecule has 2 saturated heterocycles. The van der Waals surface area contributed by atoms with Gasteiger partial charge in [0, 0.05) is 5.92 Å². The highest BCUT2D eigenvalue weighted by Gasteiger charge is 2.61. The summed E-state index contributed by atoms with van der Waals surface area (Å²) < 4.78 is 23.5. The van der Waals surface area contributed by atoms with Crippen LogP contribution in [0.2, 0.25) is 0 Å². The third-order valence-corrected chi connectivity index (χ3v) is 4.04. The maximum atomic E-state index is 10.4. The Hall–Kier alpha value is -0.200. The molecule has 6 atom stereocenters. The minimum Gasteiger partial charge on any atom is -0.390 e. The van der Waals surface area contributed by atoms with E-state index >= 15 is 0 Å². The molecular formula is C13H22O5. The number of hydrogen-bond donors (Lipinski definition) is 1. The lowest BCUT2D eigenvalue weighted by molar-refractivity contribution is -0.179. The van der Waals surface area contributed by atoms with Crippen molar-refractivity contribution in [3.63, 3.8) is 0 Å². The van der Waals surface area contributed by atoms with E-state index < -0.39 is 17.7 Å². The summed E-state index contributed by atoms with van der Waals surface area (Å²) in [5.41, 5.74) is 0. The first-order valence-electron chi connectivity index (χ1n) is 6.59. The van der Waals surface area contributed by atoms with Gasteiger partial charge in [0.15, 0.2) is 11.6 Å². The monoisotopic (exact) mass is 258 g/mol. The van der Waals surface area contributed by atoms with Crippen LogP contribution in [0.4, 0.5) is 0 Å². The normalized spacial score (nSPS) is 53.0. The lowest BCUT2D eigenvalue weighted by atomic mass is 9.80. The van der Waals surface area contributed by atoms with Crippen molar-refractivity contribution >= 4 is 0 Å². The molecule has 3 aliphatic rings. The highest BCUT2D eigenvalue weighted by atomic mass is 16.8. The fourth-order valence-electron chi connectivity index (χ4n) is 3.31. The molecule has 104 valence electrons. The highest BCUT2D eigenvalue weighted by molar-refractivity contribution is 5.06. The zero-order valence-corrected chi connectivity index (χ0v) is 11.5. The van der Waals surface area contributed by atoms with Crippen LogP contribution in [0.1, 0.15) is 34.6 Å². The topological polar surface area (TPSA) is 57.2 Å². The Morgan fingerprint density at radius 1 is 0.722 bits per heavy atom. The second-order valence-corrected chi connectivity index (χ2v) is 6.48. The molecule has 1 N–H and O–H groups in total. The third-order valence-electron chi connectivity index (χ3n) is 4.04. The zero-order chi connectivity index (χ0) is 13.3. The quantitative estimate of drug-likeness (QED) is 0.703. The first-order valence-corrected chi connectivity index (χ1v) is 6.59. The van der Waals surface area contributed by atoms with E-state index in [0.717, 1.165) is 0 Å². The first-order chi connectivity index (χ1) is 8.20. The van der Waals surface area contributed by atoms with Crippen LogP contribution in [0, 0.1) is 5.92 Å². The minimum absolute atomic E-state index is 0.0319. The van der Waals surface area contributed by atoms with Gasteiger partial charge in [0.25, 0.3) is 0 Å². The molecule has 5 nitrogen and oxygen atoms in total. The van der Waals surface area contributed by atoms with E-state index in [4.69, 9.17) is 18.9 Å². The standard InChI is InChI=1S/C13H22O5/c1-6-7(14)9-11(18-13(4,5)16-9)10-8(6)15-12(2,3)17-10/h6-11,14H,1-5H3. The second kappa shape index (κ2) is 3.67. The van der Waals surface area contributed by atoms with E-state index in [2.05, 4.69) is 0 Å². The SMILES string of the molecule is CC1C(O)C2OC(C)(C)OC2C2OC(C)(C)OC12. The molecule has 2 aliphatic heterocycles. The van der Waals surface area contributed by atoms with Crippen LogP contribution >= 0.6 is 0 Å². The Morgan fingerprint density at radius 3 is 1.67 bits per heavy atom. The summed E-state index contributed by atoms with van der Waals surface area (Å²) in [5, 5.41) is 10.4. The molecule has 1 saturated carbocycles. The second-order valence-electron chi connectivity index (χ2n) is 6.48. The summed E-state index contributed by atoms with van der Waals surface area (Å²) in [7, 11) is 0. The van der Waals surface area contributed by atoms with Crippen LogP contribution in [0.25, 0.3) is 0 Å². The van der Waals surface area contributed by atoms with Gasteiger partial charge >= 0.3 is 0 Å². The summed E-state index contributed by atoms with van der Waals surface area (Å²) >= 11 is 0. The van der Waals surface area contributed by atoms with Crippen molar-refractivity contribution in [3.8, 4) is 0 Å². The van der Waals surface area contributed by atoms with Gasteiger partial charge in [-0.1, -0.05) is 6.92 Å². The van der Waals surface area contributed by atoms with Crippen molar-refractivity contribution in [2.45, 2.75) is 76.7 Å². The number of ether oxygens (including phenoxy) is 4. The smallest absolute Gasteiger partial charge is 0.164 e. The molecule has 0 aromatic heterocycles. The molecule has 0 aromatic carbocycles. The van der Waals surface area contributed by atoms with Gasteiger partial charge in [-0.3, -0.25) is 0 Å². The van der Waals surface area contributed by atoms with Crippen LogP contribution < -0.4 is 0 Å². The van der Waals surface area contributed by atoms with E-state index in [9.17, 15) is 5.11 Å². The van der Waals surface area contributed by atoms with Gasteiger partial charge in [0.2, 0.25) is 0 Å². The Bertz CT molecular complexity index is 319. The molecule has 6 unspecified atom stereocenters. The van der Waals surface area contributed by atoms with Gasteiger partial charge in [0.05, 0.1) is 12.2 Å². The number of rotatable bonds is 0. The molecular weight excluding hydrogens is 236 g/mol. The van der Waals surface area contributed by atoms with E-state index in [1.807, 2.05) is 34.6 Å². The van der Waals surface area contributed by atoms with E-state index in [1.165, 1.54) is 0 Å². The third kappa shape index (κ3) is 1.80. The Labute approximate surface area is 107 Å². The van der Waals surface area contributed by atoms with Crippen molar-refractivity contribution in [2.24, 2.45) is 5.92 Å². The number of fused-ring (bicyclic) bond motifs is 3. The maximum Gasteiger partial charge on any atom is 0.164 e. The zero-order valence-electron chi connectivity index (χ0n) is 11.5. The van der Waals surface area contributed by atoms with Gasteiger partial charge < -0.3 is 24.1 Å². The first kappa shape index (κ1) is 12.8. The molecule has 5 heteroatoms. The average Bonchev–Trinajstić information content (AvgIpc) is 2.71. The molecule has 0 radical (unpaired) electrons. The Kier molecular flexibility index (Phi) is 2.61. The van der Waals surface area contributed by atoms with Gasteiger partial charge in [-0.15, -0.1) is 0 Å².